The third-order valence-electron chi connectivity index (χ3n) is 7.92. The van der Waals surface area contributed by atoms with E-state index < -0.39 is 40.7 Å². The molecule has 1 aliphatic rings. The lowest BCUT2D eigenvalue weighted by Crippen LogP contribution is -2.42. The van der Waals surface area contributed by atoms with Crippen molar-refractivity contribution in [2.75, 3.05) is 22.9 Å². The van der Waals surface area contributed by atoms with Gasteiger partial charge in [0.2, 0.25) is 0 Å². The van der Waals surface area contributed by atoms with Crippen LogP contribution in [0.2, 0.25) is 5.02 Å². The van der Waals surface area contributed by atoms with E-state index >= 15 is 0 Å². The van der Waals surface area contributed by atoms with Crippen LogP contribution in [0.25, 0.3) is 0 Å². The molecule has 1 atom stereocenters. The van der Waals surface area contributed by atoms with Crippen molar-refractivity contribution >= 4 is 47.1 Å². The zero-order valence-corrected chi connectivity index (χ0v) is 27.4. The molecular formula is C34H34ClF3N8O4. The van der Waals surface area contributed by atoms with Gasteiger partial charge in [-0.05, 0) is 78.9 Å². The normalized spacial score (nSPS) is 14.1. The maximum Gasteiger partial charge on any atom is 0.417 e. The fourth-order valence-corrected chi connectivity index (χ4v) is 5.76. The maximum atomic E-state index is 14.0. The molecule has 0 bridgehead atoms. The highest BCUT2D eigenvalue weighted by Crippen LogP contribution is 2.35. The van der Waals surface area contributed by atoms with Crippen LogP contribution in [-0.4, -0.2) is 63.4 Å². The first-order chi connectivity index (χ1) is 23.9. The molecule has 1 unspecified atom stereocenters. The summed E-state index contributed by atoms with van der Waals surface area (Å²) in [5.41, 5.74) is 9.62. The molecule has 1 fully saturated rings. The average Bonchev–Trinajstić information content (AvgIpc) is 3.51. The van der Waals surface area contributed by atoms with Crippen LogP contribution >= 0.6 is 11.6 Å². The van der Waals surface area contributed by atoms with Gasteiger partial charge in [-0.15, -0.1) is 5.10 Å². The summed E-state index contributed by atoms with van der Waals surface area (Å²) in [5.74, 6) is -1.70. The summed E-state index contributed by atoms with van der Waals surface area (Å²) in [7, 11) is 0. The maximum absolute atomic E-state index is 14.0. The molecule has 4 N–H and O–H groups in total. The number of nitrogens with zero attached hydrogens (tertiary/aromatic N) is 6. The van der Waals surface area contributed by atoms with Crippen LogP contribution in [0.4, 0.5) is 29.3 Å². The Kier molecular flexibility index (Phi) is 11.5. The van der Waals surface area contributed by atoms with E-state index in [4.69, 9.17) is 22.4 Å². The first kappa shape index (κ1) is 36.0. The van der Waals surface area contributed by atoms with Crippen LogP contribution < -0.4 is 21.0 Å². The second-order valence-electron chi connectivity index (χ2n) is 11.8. The van der Waals surface area contributed by atoms with Gasteiger partial charge in [0.1, 0.15) is 0 Å². The predicted molar refractivity (Wildman–Crippen MR) is 181 cm³/mol. The molecule has 16 heteroatoms. The minimum atomic E-state index is -4.69. The fourth-order valence-electron chi connectivity index (χ4n) is 5.54. The minimum absolute atomic E-state index is 0.0265. The summed E-state index contributed by atoms with van der Waals surface area (Å²) in [6.07, 6.45) is 1.26. The Morgan fingerprint density at radius 1 is 1.06 bits per heavy atom. The monoisotopic (exact) mass is 710 g/mol. The predicted octanol–water partition coefficient (Wildman–Crippen LogP) is 5.72. The number of halogens is 4. The van der Waals surface area contributed by atoms with E-state index in [0.29, 0.717) is 11.3 Å². The van der Waals surface area contributed by atoms with Crippen LogP contribution in [0.5, 0.6) is 0 Å². The lowest BCUT2D eigenvalue weighted by molar-refractivity contribution is -0.138. The molecule has 1 saturated heterocycles. The molecule has 262 valence electrons. The Morgan fingerprint density at radius 2 is 1.80 bits per heavy atom. The van der Waals surface area contributed by atoms with E-state index in [1.54, 1.807) is 42.6 Å². The number of imide groups is 1. The summed E-state index contributed by atoms with van der Waals surface area (Å²) in [6, 6.07) is 15.1. The van der Waals surface area contributed by atoms with Gasteiger partial charge in [0, 0.05) is 43.0 Å². The summed E-state index contributed by atoms with van der Waals surface area (Å²) < 4.78 is 41.5. The van der Waals surface area contributed by atoms with E-state index in [9.17, 15) is 27.6 Å². The van der Waals surface area contributed by atoms with E-state index in [1.807, 2.05) is 12.1 Å². The Bertz CT molecular complexity index is 1860. The van der Waals surface area contributed by atoms with Crippen LogP contribution in [0, 0.1) is 0 Å². The number of carboxylic acid groups (broad SMARTS) is 1. The van der Waals surface area contributed by atoms with Crippen molar-refractivity contribution in [3.05, 3.63) is 106 Å². The van der Waals surface area contributed by atoms with Crippen molar-refractivity contribution in [2.24, 2.45) is 10.8 Å². The fraction of sp³-hybridized carbons (Fsp3) is 0.294. The van der Waals surface area contributed by atoms with E-state index in [1.165, 1.54) is 10.7 Å². The number of alkyl halides is 3. The van der Waals surface area contributed by atoms with Crippen molar-refractivity contribution in [3.8, 4) is 0 Å². The number of carbonyl (C=O) groups excluding carboxylic acids is 2. The zero-order chi connectivity index (χ0) is 35.8. The second kappa shape index (κ2) is 16.0. The number of nitrogens with one attached hydrogen (secondary N) is 1. The van der Waals surface area contributed by atoms with Gasteiger partial charge in [0.05, 0.1) is 41.1 Å². The van der Waals surface area contributed by atoms with Crippen LogP contribution in [0.3, 0.4) is 0 Å². The van der Waals surface area contributed by atoms with Crippen molar-refractivity contribution in [3.63, 3.8) is 0 Å². The summed E-state index contributed by atoms with van der Waals surface area (Å²) in [6.45, 7) is 2.00. The van der Waals surface area contributed by atoms with E-state index in [2.05, 4.69) is 25.7 Å². The lowest BCUT2D eigenvalue weighted by Gasteiger charge is -2.29. The smallest absolute Gasteiger partial charge is 0.417 e. The molecule has 50 heavy (non-hydrogen) atoms. The number of hydrogen-bond acceptors (Lipinski definition) is 8. The molecule has 3 aromatic carbocycles. The highest BCUT2D eigenvalue weighted by molar-refractivity contribution is 6.31. The molecule has 4 aromatic rings. The average molecular weight is 711 g/mol. The van der Waals surface area contributed by atoms with Gasteiger partial charge in [-0.1, -0.05) is 35.0 Å². The van der Waals surface area contributed by atoms with Crippen molar-refractivity contribution in [1.82, 2.24) is 20.4 Å². The third kappa shape index (κ3) is 9.45. The largest absolute Gasteiger partial charge is 0.481 e. The number of carboxylic acids is 1. The van der Waals surface area contributed by atoms with Crippen LogP contribution in [0.15, 0.2) is 78.0 Å². The number of piperidine rings is 1. The van der Waals surface area contributed by atoms with Crippen molar-refractivity contribution in [2.45, 2.75) is 50.9 Å². The summed E-state index contributed by atoms with van der Waals surface area (Å²) >= 11 is 5.71. The molecule has 0 spiro atoms. The number of hydrazone groups is 1. The number of aromatic nitrogens is 3. The second-order valence-corrected chi connectivity index (χ2v) is 12.2. The molecule has 3 amide bonds. The first-order valence-electron chi connectivity index (χ1n) is 15.7. The van der Waals surface area contributed by atoms with Crippen molar-refractivity contribution < 1.29 is 32.7 Å². The topological polar surface area (TPSA) is 159 Å². The Balaban J connectivity index is 1.37. The molecule has 0 aliphatic carbocycles. The molecular weight excluding hydrogens is 677 g/mol. The van der Waals surface area contributed by atoms with Crippen LogP contribution in [0.1, 0.15) is 58.4 Å². The van der Waals surface area contributed by atoms with Crippen LogP contribution in [-0.2, 0) is 23.9 Å². The molecule has 1 aliphatic heterocycles. The number of rotatable bonds is 11. The lowest BCUT2D eigenvalue weighted by atomic mass is 10.1. The summed E-state index contributed by atoms with van der Waals surface area (Å²) in [4.78, 5) is 41.6. The summed E-state index contributed by atoms with van der Waals surface area (Å²) in [5, 5.41) is 20.4. The number of nitrogens with two attached hydrogens (primary N) is 1. The number of carbonyl (C=O) groups is 3. The van der Waals surface area contributed by atoms with Gasteiger partial charge in [-0.2, -0.15) is 18.3 Å². The molecule has 12 nitrogen and oxygen atoms in total. The number of amides is 3. The Hall–Kier alpha value is -5.28. The zero-order valence-electron chi connectivity index (χ0n) is 26.7. The molecule has 1 aromatic heterocycles. The van der Waals surface area contributed by atoms with E-state index in [-0.39, 0.29) is 36.2 Å². The Labute approximate surface area is 290 Å². The number of hydrogen-bond donors (Lipinski definition) is 3. The van der Waals surface area contributed by atoms with Crippen molar-refractivity contribution in [1.29, 1.82) is 0 Å². The molecule has 0 saturated carbocycles. The highest BCUT2D eigenvalue weighted by atomic mass is 35.5. The van der Waals surface area contributed by atoms with E-state index in [0.717, 1.165) is 61.3 Å². The SMILES string of the molecule is NC(CC(=O)O)Cc1cn(Cc2cccc(C(=O)N(C(=O)NN=Cc3ccc(Cl)c(C(F)(F)F)c3)c3ccc(N4CCCCC4)cc3)c2)nn1. The van der Waals surface area contributed by atoms with Gasteiger partial charge >= 0.3 is 18.2 Å². The van der Waals surface area contributed by atoms with Gasteiger partial charge in [0.15, 0.2) is 0 Å². The number of benzene rings is 3. The molecule has 0 radical (unpaired) electrons. The molecule has 2 heterocycles. The number of aliphatic carboxylic acids is 1. The number of urea groups is 1. The molecule has 5 rings (SSSR count). The van der Waals surface area contributed by atoms with Gasteiger partial charge in [-0.3, -0.25) is 9.59 Å². The van der Waals surface area contributed by atoms with Gasteiger partial charge in [-0.25, -0.2) is 19.8 Å². The highest BCUT2D eigenvalue weighted by Gasteiger charge is 2.33. The van der Waals surface area contributed by atoms with Gasteiger partial charge in [0.25, 0.3) is 5.91 Å². The number of anilines is 2. The first-order valence-corrected chi connectivity index (χ1v) is 16.1. The Morgan fingerprint density at radius 3 is 2.50 bits per heavy atom. The standard InChI is InChI=1S/C34H34ClF3N8O4/c35-30-12-7-22(16-29(30)34(36,37)38)19-40-42-33(50)46(28-10-8-27(9-11-28)44-13-2-1-3-14-44)32(49)24-6-4-5-23(15-24)20-45-21-26(41-43-45)17-25(39)18-31(47)48/h4-12,15-16,19,21,25H,1-3,13-14,17-18,20,39H2,(H,42,50)(H,47,48). The minimum Gasteiger partial charge on any atom is -0.481 e. The third-order valence-corrected chi connectivity index (χ3v) is 8.25. The van der Waals surface area contributed by atoms with Gasteiger partial charge < -0.3 is 15.7 Å². The quantitative estimate of drug-likeness (QED) is 0.132.